The van der Waals surface area contributed by atoms with Crippen LogP contribution in [0.1, 0.15) is 4.88 Å². The first-order valence-corrected chi connectivity index (χ1v) is 7.91. The van der Waals surface area contributed by atoms with E-state index >= 15 is 0 Å². The monoisotopic (exact) mass is 352 g/mol. The summed E-state index contributed by atoms with van der Waals surface area (Å²) in [6.45, 7) is 1.82. The van der Waals surface area contributed by atoms with Crippen molar-refractivity contribution >= 4 is 44.7 Å². The lowest BCUT2D eigenvalue weighted by atomic mass is 10.2. The Morgan fingerprint density at radius 3 is 3.00 bits per heavy atom. The van der Waals surface area contributed by atoms with E-state index in [4.69, 9.17) is 4.74 Å². The Morgan fingerprint density at radius 1 is 1.40 bits per heavy atom. The van der Waals surface area contributed by atoms with Crippen LogP contribution in [0.4, 0.5) is 16.2 Å². The number of hydrogen-bond donors (Lipinski definition) is 1. The SMILES string of the molecule is O=C1OCCN1c1cccc(NCc2sccc2Br)c1. The van der Waals surface area contributed by atoms with E-state index in [1.807, 2.05) is 30.3 Å². The van der Waals surface area contributed by atoms with E-state index in [1.54, 1.807) is 16.2 Å². The third kappa shape index (κ3) is 2.81. The van der Waals surface area contributed by atoms with Crippen LogP contribution in [-0.4, -0.2) is 19.2 Å². The van der Waals surface area contributed by atoms with Crippen molar-refractivity contribution in [1.29, 1.82) is 0 Å². The predicted octanol–water partition coefficient (Wildman–Crippen LogP) is 4.08. The number of anilines is 2. The summed E-state index contributed by atoms with van der Waals surface area (Å²) in [4.78, 5) is 14.4. The molecule has 1 aromatic carbocycles. The molecule has 1 saturated heterocycles. The summed E-state index contributed by atoms with van der Waals surface area (Å²) < 4.78 is 6.08. The van der Waals surface area contributed by atoms with Crippen LogP contribution in [0.3, 0.4) is 0 Å². The summed E-state index contributed by atoms with van der Waals surface area (Å²) >= 11 is 5.22. The maximum atomic E-state index is 11.6. The number of thiophene rings is 1. The standard InChI is InChI=1S/C14H13BrN2O2S/c15-12-4-7-20-13(12)9-16-10-2-1-3-11(8-10)17-5-6-19-14(17)18/h1-4,7-8,16H,5-6,9H2. The highest BCUT2D eigenvalue weighted by atomic mass is 79.9. The Morgan fingerprint density at radius 2 is 2.30 bits per heavy atom. The van der Waals surface area contributed by atoms with Gasteiger partial charge in [-0.3, -0.25) is 4.90 Å². The summed E-state index contributed by atoms with van der Waals surface area (Å²) in [6.07, 6.45) is -0.275. The van der Waals surface area contributed by atoms with Crippen LogP contribution in [0.2, 0.25) is 0 Å². The highest BCUT2D eigenvalue weighted by Crippen LogP contribution is 2.26. The highest BCUT2D eigenvalue weighted by Gasteiger charge is 2.23. The number of carbonyl (C=O) groups is 1. The van der Waals surface area contributed by atoms with E-state index in [-0.39, 0.29) is 6.09 Å². The molecule has 1 N–H and O–H groups in total. The Balaban J connectivity index is 1.71. The van der Waals surface area contributed by atoms with Gasteiger partial charge in [0, 0.05) is 20.7 Å². The van der Waals surface area contributed by atoms with Crippen LogP contribution < -0.4 is 10.2 Å². The molecule has 1 aliphatic rings. The molecule has 1 aromatic heterocycles. The number of hydrogen-bond acceptors (Lipinski definition) is 4. The molecule has 0 spiro atoms. The number of rotatable bonds is 4. The third-order valence-corrected chi connectivity index (χ3v) is 4.99. The van der Waals surface area contributed by atoms with E-state index < -0.39 is 0 Å². The van der Waals surface area contributed by atoms with E-state index in [9.17, 15) is 4.79 Å². The lowest BCUT2D eigenvalue weighted by Crippen LogP contribution is -2.23. The average molecular weight is 353 g/mol. The number of nitrogens with zero attached hydrogens (tertiary/aromatic N) is 1. The first-order chi connectivity index (χ1) is 9.74. The fraction of sp³-hybridized carbons (Fsp3) is 0.214. The van der Waals surface area contributed by atoms with Crippen LogP contribution in [0.5, 0.6) is 0 Å². The van der Waals surface area contributed by atoms with Crippen molar-refractivity contribution in [1.82, 2.24) is 0 Å². The van der Waals surface area contributed by atoms with E-state index in [2.05, 4.69) is 26.6 Å². The molecule has 0 radical (unpaired) electrons. The normalized spacial score (nSPS) is 14.4. The van der Waals surface area contributed by atoms with Gasteiger partial charge in [0.15, 0.2) is 0 Å². The van der Waals surface area contributed by atoms with Gasteiger partial charge in [0.25, 0.3) is 0 Å². The fourth-order valence-corrected chi connectivity index (χ4v) is 3.48. The minimum atomic E-state index is -0.275. The molecule has 0 saturated carbocycles. The molecule has 0 unspecified atom stereocenters. The van der Waals surface area contributed by atoms with Gasteiger partial charge in [-0.1, -0.05) is 6.07 Å². The van der Waals surface area contributed by atoms with Crippen LogP contribution in [0.15, 0.2) is 40.2 Å². The van der Waals surface area contributed by atoms with Crippen molar-refractivity contribution in [2.45, 2.75) is 6.54 Å². The summed E-state index contributed by atoms with van der Waals surface area (Å²) in [5.41, 5.74) is 1.85. The zero-order chi connectivity index (χ0) is 13.9. The molecule has 1 aliphatic heterocycles. The van der Waals surface area contributed by atoms with Gasteiger partial charge in [-0.2, -0.15) is 0 Å². The number of amides is 1. The Bertz CT molecular complexity index is 629. The third-order valence-electron chi connectivity index (χ3n) is 3.06. The number of ether oxygens (including phenoxy) is 1. The smallest absolute Gasteiger partial charge is 0.414 e. The second-order valence-corrected chi connectivity index (χ2v) is 6.22. The number of nitrogens with one attached hydrogen (secondary N) is 1. The van der Waals surface area contributed by atoms with E-state index in [0.717, 1.165) is 22.4 Å². The van der Waals surface area contributed by atoms with Crippen LogP contribution in [-0.2, 0) is 11.3 Å². The van der Waals surface area contributed by atoms with Crippen molar-refractivity contribution in [3.8, 4) is 0 Å². The molecular weight excluding hydrogens is 340 g/mol. The summed E-state index contributed by atoms with van der Waals surface area (Å²) in [6, 6.07) is 9.85. The molecule has 1 fully saturated rings. The summed E-state index contributed by atoms with van der Waals surface area (Å²) in [7, 11) is 0. The van der Waals surface area contributed by atoms with Gasteiger partial charge in [0.05, 0.1) is 13.1 Å². The minimum absolute atomic E-state index is 0.275. The molecule has 20 heavy (non-hydrogen) atoms. The number of benzene rings is 1. The van der Waals surface area contributed by atoms with Gasteiger partial charge < -0.3 is 10.1 Å². The first kappa shape index (κ1) is 13.5. The van der Waals surface area contributed by atoms with Crippen LogP contribution in [0.25, 0.3) is 0 Å². The first-order valence-electron chi connectivity index (χ1n) is 6.24. The van der Waals surface area contributed by atoms with Gasteiger partial charge in [-0.15, -0.1) is 11.3 Å². The zero-order valence-electron chi connectivity index (χ0n) is 10.6. The lowest BCUT2D eigenvalue weighted by molar-refractivity contribution is 0.181. The highest BCUT2D eigenvalue weighted by molar-refractivity contribution is 9.10. The quantitative estimate of drug-likeness (QED) is 0.901. The van der Waals surface area contributed by atoms with Crippen molar-refractivity contribution < 1.29 is 9.53 Å². The largest absolute Gasteiger partial charge is 0.447 e. The molecule has 104 valence electrons. The van der Waals surface area contributed by atoms with E-state index in [0.29, 0.717) is 13.2 Å². The summed E-state index contributed by atoms with van der Waals surface area (Å²) in [5.74, 6) is 0. The molecule has 1 amide bonds. The van der Waals surface area contributed by atoms with Crippen molar-refractivity contribution in [3.63, 3.8) is 0 Å². The molecule has 2 heterocycles. The van der Waals surface area contributed by atoms with Gasteiger partial charge >= 0.3 is 6.09 Å². The van der Waals surface area contributed by atoms with Gasteiger partial charge in [0.2, 0.25) is 0 Å². The Kier molecular flexibility index (Phi) is 3.93. The van der Waals surface area contributed by atoms with Crippen LogP contribution in [0, 0.1) is 0 Å². The summed E-state index contributed by atoms with van der Waals surface area (Å²) in [5, 5.41) is 5.42. The zero-order valence-corrected chi connectivity index (χ0v) is 13.0. The average Bonchev–Trinajstić information content (AvgIpc) is 3.05. The number of cyclic esters (lactones) is 1. The molecule has 4 nitrogen and oxygen atoms in total. The van der Waals surface area contributed by atoms with E-state index in [1.165, 1.54) is 4.88 Å². The van der Waals surface area contributed by atoms with Gasteiger partial charge in [0.1, 0.15) is 6.61 Å². The Hall–Kier alpha value is -1.53. The second-order valence-electron chi connectivity index (χ2n) is 4.36. The fourth-order valence-electron chi connectivity index (χ4n) is 2.05. The topological polar surface area (TPSA) is 41.6 Å². The van der Waals surface area contributed by atoms with Crippen molar-refractivity contribution in [2.75, 3.05) is 23.4 Å². The van der Waals surface area contributed by atoms with Gasteiger partial charge in [-0.05, 0) is 45.6 Å². The molecule has 3 rings (SSSR count). The van der Waals surface area contributed by atoms with Gasteiger partial charge in [-0.25, -0.2) is 4.79 Å². The molecule has 0 atom stereocenters. The molecular formula is C14H13BrN2O2S. The van der Waals surface area contributed by atoms with Crippen molar-refractivity contribution in [2.24, 2.45) is 0 Å². The maximum Gasteiger partial charge on any atom is 0.414 e. The second kappa shape index (κ2) is 5.85. The molecule has 0 bridgehead atoms. The van der Waals surface area contributed by atoms with Crippen molar-refractivity contribution in [3.05, 3.63) is 45.1 Å². The lowest BCUT2D eigenvalue weighted by Gasteiger charge is -2.14. The number of carbonyl (C=O) groups excluding carboxylic acids is 1. The minimum Gasteiger partial charge on any atom is -0.447 e. The molecule has 2 aromatic rings. The van der Waals surface area contributed by atoms with Crippen LogP contribution >= 0.6 is 27.3 Å². The predicted molar refractivity (Wildman–Crippen MR) is 84.5 cm³/mol. The Labute approximate surface area is 129 Å². The molecule has 0 aliphatic carbocycles. The maximum absolute atomic E-state index is 11.6. The molecule has 6 heteroatoms. The number of halogens is 1.